The highest BCUT2D eigenvalue weighted by molar-refractivity contribution is 5.96. The molecule has 0 spiro atoms. The number of aromatic hydroxyl groups is 1. The molecule has 134 valence electrons. The largest absolute Gasteiger partial charge is 0.507 e. The molecule has 0 aromatic carbocycles. The average Bonchev–Trinajstić information content (AvgIpc) is 2.59. The SMILES string of the molecule is CC[N+](CC)(CC)CCNC(=O)c1c(O)c2c([nH]c1=O)CCCC2. The lowest BCUT2D eigenvalue weighted by Gasteiger charge is -2.35. The van der Waals surface area contributed by atoms with Gasteiger partial charge >= 0.3 is 0 Å². The van der Waals surface area contributed by atoms with Gasteiger partial charge < -0.3 is 19.9 Å². The number of carbonyl (C=O) groups is 1. The highest BCUT2D eigenvalue weighted by Gasteiger charge is 2.25. The molecule has 2 rings (SSSR count). The number of likely N-dealkylation sites (N-methyl/N-ethyl adjacent to an activating group) is 1. The van der Waals surface area contributed by atoms with Crippen LogP contribution in [0, 0.1) is 0 Å². The zero-order valence-electron chi connectivity index (χ0n) is 15.1. The molecule has 6 nitrogen and oxygen atoms in total. The van der Waals surface area contributed by atoms with Gasteiger partial charge in [0, 0.05) is 11.3 Å². The monoisotopic (exact) mass is 336 g/mol. The van der Waals surface area contributed by atoms with E-state index in [0.717, 1.165) is 61.2 Å². The Morgan fingerprint density at radius 2 is 1.79 bits per heavy atom. The van der Waals surface area contributed by atoms with E-state index in [1.165, 1.54) is 0 Å². The molecule has 1 aromatic heterocycles. The second-order valence-corrected chi connectivity index (χ2v) is 6.61. The summed E-state index contributed by atoms with van der Waals surface area (Å²) in [5.41, 5.74) is 0.872. The Morgan fingerprint density at radius 3 is 2.42 bits per heavy atom. The van der Waals surface area contributed by atoms with Crippen LogP contribution in [-0.2, 0) is 12.8 Å². The molecule has 0 unspecified atom stereocenters. The van der Waals surface area contributed by atoms with Crippen LogP contribution in [0.15, 0.2) is 4.79 Å². The van der Waals surface area contributed by atoms with Crippen LogP contribution in [-0.4, -0.2) is 53.2 Å². The number of fused-ring (bicyclic) bond motifs is 1. The summed E-state index contributed by atoms with van der Waals surface area (Å²) in [4.78, 5) is 27.4. The molecule has 0 bridgehead atoms. The number of nitrogens with zero attached hydrogens (tertiary/aromatic N) is 1. The summed E-state index contributed by atoms with van der Waals surface area (Å²) < 4.78 is 0.923. The maximum Gasteiger partial charge on any atom is 0.264 e. The third kappa shape index (κ3) is 3.64. The van der Waals surface area contributed by atoms with Crippen molar-refractivity contribution in [1.29, 1.82) is 0 Å². The second-order valence-electron chi connectivity index (χ2n) is 6.61. The third-order valence-electron chi connectivity index (χ3n) is 5.59. The number of pyridine rings is 1. The van der Waals surface area contributed by atoms with Crippen LogP contribution in [0.1, 0.15) is 55.2 Å². The molecule has 1 amide bonds. The first-order valence-corrected chi connectivity index (χ1v) is 9.08. The van der Waals surface area contributed by atoms with Crippen LogP contribution in [0.5, 0.6) is 5.75 Å². The van der Waals surface area contributed by atoms with E-state index in [4.69, 9.17) is 0 Å². The molecular weight excluding hydrogens is 306 g/mol. The first-order chi connectivity index (χ1) is 11.5. The Hall–Kier alpha value is -1.82. The van der Waals surface area contributed by atoms with Crippen LogP contribution in [0.25, 0.3) is 0 Å². The fourth-order valence-corrected chi connectivity index (χ4v) is 3.61. The van der Waals surface area contributed by atoms with Crippen molar-refractivity contribution < 1.29 is 14.4 Å². The first-order valence-electron chi connectivity index (χ1n) is 9.08. The van der Waals surface area contributed by atoms with Gasteiger partial charge in [-0.05, 0) is 46.5 Å². The van der Waals surface area contributed by atoms with E-state index in [1.807, 2.05) is 0 Å². The lowest BCUT2D eigenvalue weighted by molar-refractivity contribution is -0.922. The summed E-state index contributed by atoms with van der Waals surface area (Å²) in [5, 5.41) is 13.2. The summed E-state index contributed by atoms with van der Waals surface area (Å²) in [7, 11) is 0. The van der Waals surface area contributed by atoms with Crippen molar-refractivity contribution in [2.24, 2.45) is 0 Å². The molecule has 0 aliphatic heterocycles. The van der Waals surface area contributed by atoms with Crippen LogP contribution >= 0.6 is 0 Å². The molecule has 0 radical (unpaired) electrons. The molecule has 1 aliphatic rings. The number of aromatic amines is 1. The van der Waals surface area contributed by atoms with E-state index in [0.29, 0.717) is 13.0 Å². The standard InChI is InChI=1S/C18H29N3O3/c1-4-21(5-2,6-3)12-11-19-17(23)15-16(22)13-9-7-8-10-14(13)20-18(15)24/h4-12H2,1-3H3,(H2-,19,20,22,23,24)/p+1. The van der Waals surface area contributed by atoms with E-state index < -0.39 is 11.5 Å². The molecule has 6 heteroatoms. The van der Waals surface area contributed by atoms with Crippen molar-refractivity contribution in [1.82, 2.24) is 10.3 Å². The normalized spacial score (nSPS) is 14.3. The zero-order valence-corrected chi connectivity index (χ0v) is 15.1. The molecule has 0 saturated carbocycles. The predicted octanol–water partition coefficient (Wildman–Crippen LogP) is 1.57. The van der Waals surface area contributed by atoms with Crippen LogP contribution in [0.4, 0.5) is 0 Å². The number of rotatable bonds is 7. The van der Waals surface area contributed by atoms with Gasteiger partial charge in [-0.3, -0.25) is 9.59 Å². The number of amides is 1. The summed E-state index contributed by atoms with van der Waals surface area (Å²) in [6.45, 7) is 10.8. The van der Waals surface area contributed by atoms with Crippen molar-refractivity contribution in [3.63, 3.8) is 0 Å². The van der Waals surface area contributed by atoms with Gasteiger partial charge in [0.25, 0.3) is 11.5 Å². The molecule has 24 heavy (non-hydrogen) atoms. The highest BCUT2D eigenvalue weighted by Crippen LogP contribution is 2.28. The van der Waals surface area contributed by atoms with Crippen molar-refractivity contribution in [3.05, 3.63) is 27.2 Å². The molecule has 3 N–H and O–H groups in total. The molecule has 1 heterocycles. The zero-order chi connectivity index (χ0) is 17.7. The topological polar surface area (TPSA) is 82.2 Å². The van der Waals surface area contributed by atoms with Gasteiger partial charge in [-0.2, -0.15) is 0 Å². The number of nitrogens with one attached hydrogen (secondary N) is 2. The van der Waals surface area contributed by atoms with Gasteiger partial charge in [0.15, 0.2) is 0 Å². The van der Waals surface area contributed by atoms with Gasteiger partial charge in [0.05, 0.1) is 32.7 Å². The lowest BCUT2D eigenvalue weighted by Crippen LogP contribution is -2.51. The van der Waals surface area contributed by atoms with E-state index in [1.54, 1.807) is 0 Å². The fraction of sp³-hybridized carbons (Fsp3) is 0.667. The smallest absolute Gasteiger partial charge is 0.264 e. The van der Waals surface area contributed by atoms with Crippen LogP contribution in [0.3, 0.4) is 0 Å². The minimum absolute atomic E-state index is 0.131. The van der Waals surface area contributed by atoms with Gasteiger partial charge in [-0.1, -0.05) is 0 Å². The van der Waals surface area contributed by atoms with Crippen LogP contribution < -0.4 is 10.9 Å². The fourth-order valence-electron chi connectivity index (χ4n) is 3.61. The first kappa shape index (κ1) is 18.5. The number of hydrogen-bond donors (Lipinski definition) is 3. The van der Waals surface area contributed by atoms with Gasteiger partial charge in [-0.25, -0.2) is 0 Å². The number of aryl methyl sites for hydroxylation is 1. The molecule has 1 aromatic rings. The average molecular weight is 336 g/mol. The Labute approximate surface area is 143 Å². The van der Waals surface area contributed by atoms with E-state index in [-0.39, 0.29) is 11.3 Å². The minimum Gasteiger partial charge on any atom is -0.507 e. The predicted molar refractivity (Wildman–Crippen MR) is 94.5 cm³/mol. The highest BCUT2D eigenvalue weighted by atomic mass is 16.3. The Balaban J connectivity index is 2.12. The Bertz CT molecular complexity index is 639. The summed E-state index contributed by atoms with van der Waals surface area (Å²) in [6.07, 6.45) is 3.43. The van der Waals surface area contributed by atoms with Crippen molar-refractivity contribution in [3.8, 4) is 5.75 Å². The number of quaternary nitrogens is 1. The summed E-state index contributed by atoms with van der Waals surface area (Å²) >= 11 is 0. The van der Waals surface area contributed by atoms with E-state index >= 15 is 0 Å². The van der Waals surface area contributed by atoms with E-state index in [9.17, 15) is 14.7 Å². The quantitative estimate of drug-likeness (QED) is 0.661. The van der Waals surface area contributed by atoms with Crippen molar-refractivity contribution in [2.45, 2.75) is 46.5 Å². The number of carbonyl (C=O) groups excluding carboxylic acids is 1. The minimum atomic E-state index is -0.493. The van der Waals surface area contributed by atoms with Crippen LogP contribution in [0.2, 0.25) is 0 Å². The molecule has 0 saturated heterocycles. The second kappa shape index (κ2) is 7.83. The van der Waals surface area contributed by atoms with Crippen molar-refractivity contribution in [2.75, 3.05) is 32.7 Å². The third-order valence-corrected chi connectivity index (χ3v) is 5.59. The van der Waals surface area contributed by atoms with Gasteiger partial charge in [0.2, 0.25) is 0 Å². The number of hydrogen-bond acceptors (Lipinski definition) is 3. The van der Waals surface area contributed by atoms with Gasteiger partial charge in [-0.15, -0.1) is 0 Å². The van der Waals surface area contributed by atoms with Crippen molar-refractivity contribution >= 4 is 5.91 Å². The molecule has 0 atom stereocenters. The lowest BCUT2D eigenvalue weighted by atomic mass is 9.93. The molecule has 0 fully saturated rings. The maximum absolute atomic E-state index is 12.4. The Kier molecular flexibility index (Phi) is 6.04. The van der Waals surface area contributed by atoms with E-state index in [2.05, 4.69) is 31.1 Å². The Morgan fingerprint density at radius 1 is 1.17 bits per heavy atom. The summed E-state index contributed by atoms with van der Waals surface area (Å²) in [5.74, 6) is -0.614. The summed E-state index contributed by atoms with van der Waals surface area (Å²) in [6, 6.07) is 0. The number of H-pyrrole nitrogens is 1. The maximum atomic E-state index is 12.4. The molecule has 1 aliphatic carbocycles. The van der Waals surface area contributed by atoms with Gasteiger partial charge in [0.1, 0.15) is 11.3 Å². The molecular formula is C18H30N3O3+. The number of aromatic nitrogens is 1.